The first kappa shape index (κ1) is 12.9. The molecule has 2 amide bonds. The fourth-order valence-corrected chi connectivity index (χ4v) is 2.01. The van der Waals surface area contributed by atoms with Gasteiger partial charge in [-0.25, -0.2) is 0 Å². The zero-order chi connectivity index (χ0) is 13.1. The average Bonchev–Trinajstić information content (AvgIpc) is 2.75. The number of carbonyl (C=O) groups is 2. The third-order valence-corrected chi connectivity index (χ3v) is 2.96. The molecular formula is C12H13ClN2O3. The molecule has 1 fully saturated rings. The van der Waals surface area contributed by atoms with Gasteiger partial charge in [-0.2, -0.15) is 0 Å². The molecule has 18 heavy (non-hydrogen) atoms. The van der Waals surface area contributed by atoms with E-state index in [9.17, 15) is 14.7 Å². The number of carbonyl (C=O) groups excluding carboxylic acids is 2. The van der Waals surface area contributed by atoms with E-state index in [1.54, 1.807) is 24.3 Å². The van der Waals surface area contributed by atoms with Crippen LogP contribution in [0.1, 0.15) is 6.42 Å². The highest BCUT2D eigenvalue weighted by Crippen LogP contribution is 2.15. The predicted octanol–water partition coefficient (Wildman–Crippen LogP) is 0.872. The molecule has 1 saturated heterocycles. The molecule has 1 aliphatic heterocycles. The minimum atomic E-state index is -0.716. The number of rotatable bonds is 1. The molecule has 1 aliphatic rings. The molecule has 0 spiro atoms. The maximum atomic E-state index is 11.7. The number of nitrogens with zero attached hydrogens (tertiary/aromatic N) is 1. The highest BCUT2D eigenvalue weighted by Gasteiger charge is 2.28. The highest BCUT2D eigenvalue weighted by molar-refractivity contribution is 6.39. The van der Waals surface area contributed by atoms with Gasteiger partial charge in [-0.15, -0.1) is 0 Å². The first-order valence-corrected chi connectivity index (χ1v) is 5.98. The van der Waals surface area contributed by atoms with E-state index in [0.29, 0.717) is 23.7 Å². The van der Waals surface area contributed by atoms with Crippen molar-refractivity contribution in [3.05, 3.63) is 29.3 Å². The quantitative estimate of drug-likeness (QED) is 0.743. The van der Waals surface area contributed by atoms with Crippen molar-refractivity contribution in [3.8, 4) is 0 Å². The molecule has 0 unspecified atom stereocenters. The van der Waals surface area contributed by atoms with E-state index in [0.717, 1.165) is 0 Å². The summed E-state index contributed by atoms with van der Waals surface area (Å²) in [6.07, 6.45) is -0.0242. The molecule has 5 nitrogen and oxygen atoms in total. The van der Waals surface area contributed by atoms with Crippen LogP contribution in [0.15, 0.2) is 24.3 Å². The summed E-state index contributed by atoms with van der Waals surface area (Å²) in [6, 6.07) is 6.57. The summed E-state index contributed by atoms with van der Waals surface area (Å²) in [5.74, 6) is -1.35. The van der Waals surface area contributed by atoms with Crippen LogP contribution in [-0.2, 0) is 9.59 Å². The van der Waals surface area contributed by atoms with E-state index in [2.05, 4.69) is 5.32 Å². The Morgan fingerprint density at radius 3 is 2.83 bits per heavy atom. The van der Waals surface area contributed by atoms with E-state index in [1.165, 1.54) is 4.90 Å². The molecule has 6 heteroatoms. The largest absolute Gasteiger partial charge is 0.391 e. The Bertz CT molecular complexity index is 478. The van der Waals surface area contributed by atoms with Crippen molar-refractivity contribution < 1.29 is 14.7 Å². The summed E-state index contributed by atoms with van der Waals surface area (Å²) in [7, 11) is 0. The van der Waals surface area contributed by atoms with Crippen molar-refractivity contribution in [1.82, 2.24) is 4.90 Å². The van der Waals surface area contributed by atoms with Gasteiger partial charge in [0.15, 0.2) is 0 Å². The van der Waals surface area contributed by atoms with Gasteiger partial charge in [-0.1, -0.05) is 17.7 Å². The van der Waals surface area contributed by atoms with Crippen molar-refractivity contribution in [3.63, 3.8) is 0 Å². The second-order valence-electron chi connectivity index (χ2n) is 4.16. The van der Waals surface area contributed by atoms with Crippen molar-refractivity contribution in [2.75, 3.05) is 18.4 Å². The lowest BCUT2D eigenvalue weighted by molar-refractivity contribution is -0.142. The van der Waals surface area contributed by atoms with Crippen LogP contribution in [0.5, 0.6) is 0 Å². The molecule has 2 N–H and O–H groups in total. The summed E-state index contributed by atoms with van der Waals surface area (Å²) >= 11 is 5.77. The molecule has 2 rings (SSSR count). The lowest BCUT2D eigenvalue weighted by atomic mass is 10.3. The Morgan fingerprint density at radius 1 is 1.44 bits per heavy atom. The number of nitrogens with one attached hydrogen (secondary N) is 1. The third-order valence-electron chi connectivity index (χ3n) is 2.73. The molecule has 1 atom stereocenters. The fourth-order valence-electron chi connectivity index (χ4n) is 1.82. The molecule has 0 bridgehead atoms. The lowest BCUT2D eigenvalue weighted by Crippen LogP contribution is -2.38. The number of halogens is 1. The van der Waals surface area contributed by atoms with E-state index in [1.807, 2.05) is 0 Å². The Kier molecular flexibility index (Phi) is 3.84. The number of β-amino-alcohol motifs (C(OH)–C–C–N with tert-alkyl or cyclic N) is 1. The second kappa shape index (κ2) is 5.37. The third kappa shape index (κ3) is 3.00. The number of aliphatic hydroxyl groups excluding tert-OH is 1. The first-order valence-electron chi connectivity index (χ1n) is 5.60. The second-order valence-corrected chi connectivity index (χ2v) is 4.59. The van der Waals surface area contributed by atoms with Crippen LogP contribution < -0.4 is 5.32 Å². The summed E-state index contributed by atoms with van der Waals surface area (Å²) in [5.41, 5.74) is 0.473. The number of hydrogen-bond acceptors (Lipinski definition) is 3. The smallest absolute Gasteiger partial charge is 0.313 e. The number of likely N-dealkylation sites (tertiary alicyclic amines) is 1. The summed E-state index contributed by atoms with van der Waals surface area (Å²) in [4.78, 5) is 24.8. The van der Waals surface area contributed by atoms with Crippen LogP contribution in [0, 0.1) is 0 Å². The fraction of sp³-hybridized carbons (Fsp3) is 0.333. The van der Waals surface area contributed by atoms with Crippen molar-refractivity contribution in [2.24, 2.45) is 0 Å². The van der Waals surface area contributed by atoms with Gasteiger partial charge in [0.05, 0.1) is 6.10 Å². The zero-order valence-corrected chi connectivity index (χ0v) is 10.4. The monoisotopic (exact) mass is 268 g/mol. The Morgan fingerprint density at radius 2 is 2.22 bits per heavy atom. The molecule has 1 aromatic carbocycles. The molecule has 0 aliphatic carbocycles. The minimum absolute atomic E-state index is 0.210. The van der Waals surface area contributed by atoms with E-state index in [-0.39, 0.29) is 6.54 Å². The van der Waals surface area contributed by atoms with Gasteiger partial charge >= 0.3 is 11.8 Å². The van der Waals surface area contributed by atoms with Gasteiger partial charge in [-0.3, -0.25) is 9.59 Å². The number of anilines is 1. The molecule has 1 heterocycles. The van der Waals surface area contributed by atoms with E-state index < -0.39 is 17.9 Å². The van der Waals surface area contributed by atoms with Gasteiger partial charge in [-0.05, 0) is 24.6 Å². The summed E-state index contributed by atoms with van der Waals surface area (Å²) in [5, 5.41) is 12.3. The molecular weight excluding hydrogens is 256 g/mol. The van der Waals surface area contributed by atoms with Crippen LogP contribution in [-0.4, -0.2) is 41.0 Å². The number of benzene rings is 1. The van der Waals surface area contributed by atoms with Crippen molar-refractivity contribution in [1.29, 1.82) is 0 Å². The molecule has 0 radical (unpaired) electrons. The van der Waals surface area contributed by atoms with Crippen LogP contribution in [0.4, 0.5) is 5.69 Å². The zero-order valence-electron chi connectivity index (χ0n) is 9.60. The highest BCUT2D eigenvalue weighted by atomic mass is 35.5. The molecule has 0 saturated carbocycles. The van der Waals surface area contributed by atoms with Gasteiger partial charge in [0.2, 0.25) is 0 Å². The number of amides is 2. The SMILES string of the molecule is O=C(Nc1cccc(Cl)c1)C(=O)N1CC[C@@H](O)C1. The van der Waals surface area contributed by atoms with Crippen LogP contribution in [0.3, 0.4) is 0 Å². The standard InChI is InChI=1S/C12H13ClN2O3/c13-8-2-1-3-9(6-8)14-11(17)12(18)15-5-4-10(16)7-15/h1-3,6,10,16H,4-5,7H2,(H,14,17)/t10-/m1/s1. The first-order chi connectivity index (χ1) is 8.56. The van der Waals surface area contributed by atoms with Crippen LogP contribution in [0.25, 0.3) is 0 Å². The molecule has 1 aromatic rings. The average molecular weight is 269 g/mol. The van der Waals surface area contributed by atoms with Crippen molar-refractivity contribution in [2.45, 2.75) is 12.5 Å². The summed E-state index contributed by atoms with van der Waals surface area (Å²) < 4.78 is 0. The van der Waals surface area contributed by atoms with Crippen molar-refractivity contribution >= 4 is 29.1 Å². The lowest BCUT2D eigenvalue weighted by Gasteiger charge is -2.14. The Hall–Kier alpha value is -1.59. The maximum Gasteiger partial charge on any atom is 0.313 e. The van der Waals surface area contributed by atoms with Gasteiger partial charge in [0.25, 0.3) is 0 Å². The molecule has 0 aromatic heterocycles. The number of hydrogen-bond donors (Lipinski definition) is 2. The normalized spacial score (nSPS) is 18.8. The minimum Gasteiger partial charge on any atom is -0.391 e. The predicted molar refractivity (Wildman–Crippen MR) is 67.3 cm³/mol. The van der Waals surface area contributed by atoms with Crippen LogP contribution >= 0.6 is 11.6 Å². The van der Waals surface area contributed by atoms with Gasteiger partial charge in [0, 0.05) is 23.8 Å². The molecule has 96 valence electrons. The topological polar surface area (TPSA) is 69.6 Å². The maximum absolute atomic E-state index is 11.7. The number of aliphatic hydroxyl groups is 1. The Labute approximate surface area is 109 Å². The van der Waals surface area contributed by atoms with Crippen LogP contribution in [0.2, 0.25) is 5.02 Å². The van der Waals surface area contributed by atoms with E-state index >= 15 is 0 Å². The summed E-state index contributed by atoms with van der Waals surface area (Å²) in [6.45, 7) is 0.616. The van der Waals surface area contributed by atoms with Gasteiger partial charge < -0.3 is 15.3 Å². The Balaban J connectivity index is 1.97. The van der Waals surface area contributed by atoms with Gasteiger partial charge in [0.1, 0.15) is 0 Å². The van der Waals surface area contributed by atoms with E-state index in [4.69, 9.17) is 11.6 Å².